The minimum atomic E-state index is -0.108. The first kappa shape index (κ1) is 18.1. The minimum Gasteiger partial charge on any atom is -0.381 e. The van der Waals surface area contributed by atoms with Gasteiger partial charge in [-0.3, -0.25) is 4.99 Å². The molecule has 0 aliphatic carbocycles. The van der Waals surface area contributed by atoms with E-state index in [2.05, 4.69) is 10.2 Å². The zero-order valence-corrected chi connectivity index (χ0v) is 15.0. The molecule has 0 saturated carbocycles. The Morgan fingerprint density at radius 1 is 1.30 bits per heavy atom. The average molecular weight is 355 g/mol. The summed E-state index contributed by atoms with van der Waals surface area (Å²) in [5.41, 5.74) is 3.54. The molecule has 0 N–H and O–H groups in total. The number of nitrogens with zero attached hydrogens (tertiary/aromatic N) is 2. The van der Waals surface area contributed by atoms with E-state index in [1.807, 2.05) is 32.9 Å². The van der Waals surface area contributed by atoms with Gasteiger partial charge >= 0.3 is 0 Å². The summed E-state index contributed by atoms with van der Waals surface area (Å²) < 4.78 is 5.64. The number of rotatable bonds is 6. The van der Waals surface area contributed by atoms with Gasteiger partial charge in [0.15, 0.2) is 0 Å². The van der Waals surface area contributed by atoms with Crippen LogP contribution in [-0.4, -0.2) is 25.5 Å². The highest BCUT2D eigenvalue weighted by Crippen LogP contribution is 2.43. The molecule has 0 amide bonds. The maximum absolute atomic E-state index is 10.9. The largest absolute Gasteiger partial charge is 0.381 e. The van der Waals surface area contributed by atoms with Crippen LogP contribution in [0, 0.1) is 10.8 Å². The van der Waals surface area contributed by atoms with Crippen molar-refractivity contribution in [2.45, 2.75) is 26.7 Å². The number of allylic oxidation sites excluding steroid dienone is 1. The molecule has 1 aliphatic rings. The fraction of sp³-hybridized carbons (Fsp3) is 0.471. The van der Waals surface area contributed by atoms with Gasteiger partial charge in [0.25, 0.3) is 0 Å². The van der Waals surface area contributed by atoms with Crippen LogP contribution < -0.4 is 0 Å². The van der Waals surface area contributed by atoms with Crippen LogP contribution in [-0.2, 0) is 4.74 Å². The Bertz CT molecular complexity index is 656. The van der Waals surface area contributed by atoms with Crippen LogP contribution in [0.3, 0.4) is 0 Å². The summed E-state index contributed by atoms with van der Waals surface area (Å²) in [4.78, 5) is 15.5. The van der Waals surface area contributed by atoms with E-state index in [1.165, 1.54) is 0 Å². The Hall–Kier alpha value is -1.23. The van der Waals surface area contributed by atoms with Crippen LogP contribution in [0.2, 0.25) is 10.0 Å². The summed E-state index contributed by atoms with van der Waals surface area (Å²) in [6.45, 7) is 7.03. The molecule has 23 heavy (non-hydrogen) atoms. The van der Waals surface area contributed by atoms with Crippen molar-refractivity contribution in [1.29, 1.82) is 0 Å². The van der Waals surface area contributed by atoms with Crippen LogP contribution in [0.15, 0.2) is 39.6 Å². The highest BCUT2D eigenvalue weighted by atomic mass is 35.5. The fourth-order valence-electron chi connectivity index (χ4n) is 3.04. The topological polar surface area (TPSA) is 51.0 Å². The SMILES string of the molecule is CCOCC1C(C)=NC(C)=C(CN=O)C1c1cccc(Cl)c1Cl. The molecule has 2 unspecified atom stereocenters. The molecule has 0 aromatic heterocycles. The van der Waals surface area contributed by atoms with Crippen molar-refractivity contribution in [1.82, 2.24) is 0 Å². The van der Waals surface area contributed by atoms with E-state index in [-0.39, 0.29) is 18.4 Å². The molecule has 0 fully saturated rings. The first-order valence-electron chi connectivity index (χ1n) is 7.56. The van der Waals surface area contributed by atoms with Crippen LogP contribution >= 0.6 is 23.2 Å². The first-order chi connectivity index (χ1) is 11.0. The van der Waals surface area contributed by atoms with Crippen LogP contribution in [0.4, 0.5) is 0 Å². The number of hydrogen-bond acceptors (Lipinski definition) is 4. The quantitative estimate of drug-likeness (QED) is 0.655. The zero-order chi connectivity index (χ0) is 17.0. The predicted octanol–water partition coefficient (Wildman–Crippen LogP) is 5.24. The van der Waals surface area contributed by atoms with Gasteiger partial charge in [-0.25, -0.2) is 0 Å². The van der Waals surface area contributed by atoms with Crippen molar-refractivity contribution in [2.75, 3.05) is 19.8 Å². The lowest BCUT2D eigenvalue weighted by molar-refractivity contribution is 0.123. The zero-order valence-electron chi connectivity index (χ0n) is 13.5. The van der Waals surface area contributed by atoms with Gasteiger partial charge in [-0.1, -0.05) is 40.5 Å². The van der Waals surface area contributed by atoms with Gasteiger partial charge in [0.05, 0.1) is 16.7 Å². The Morgan fingerprint density at radius 3 is 2.70 bits per heavy atom. The summed E-state index contributed by atoms with van der Waals surface area (Å²) in [5.74, 6) is -0.102. The summed E-state index contributed by atoms with van der Waals surface area (Å²) in [6.07, 6.45) is 0. The lowest BCUT2D eigenvalue weighted by atomic mass is 9.76. The summed E-state index contributed by atoms with van der Waals surface area (Å²) in [7, 11) is 0. The van der Waals surface area contributed by atoms with Crippen molar-refractivity contribution >= 4 is 28.9 Å². The molecule has 1 heterocycles. The minimum absolute atomic E-state index is 0.00590. The normalized spacial score (nSPS) is 21.3. The van der Waals surface area contributed by atoms with Gasteiger partial charge in [-0.05, 0) is 38.0 Å². The summed E-state index contributed by atoms with van der Waals surface area (Å²) in [6, 6.07) is 5.56. The number of ether oxygens (including phenoxy) is 1. The molecule has 1 aromatic carbocycles. The number of halogens is 2. The van der Waals surface area contributed by atoms with E-state index < -0.39 is 0 Å². The summed E-state index contributed by atoms with van der Waals surface area (Å²) >= 11 is 12.6. The lowest BCUT2D eigenvalue weighted by Gasteiger charge is -2.33. The van der Waals surface area contributed by atoms with Gasteiger partial charge < -0.3 is 4.74 Å². The van der Waals surface area contributed by atoms with E-state index >= 15 is 0 Å². The molecule has 0 spiro atoms. The second-order valence-electron chi connectivity index (χ2n) is 5.54. The van der Waals surface area contributed by atoms with Gasteiger partial charge in [-0.2, -0.15) is 4.91 Å². The monoisotopic (exact) mass is 354 g/mol. The molecular weight excluding hydrogens is 335 g/mol. The number of benzene rings is 1. The molecule has 124 valence electrons. The highest BCUT2D eigenvalue weighted by molar-refractivity contribution is 6.42. The first-order valence-corrected chi connectivity index (χ1v) is 8.32. The van der Waals surface area contributed by atoms with Gasteiger partial charge in [-0.15, -0.1) is 0 Å². The Labute approximate surface area is 146 Å². The number of aliphatic imine (C=N–C) groups is 1. The van der Waals surface area contributed by atoms with E-state index in [4.69, 9.17) is 27.9 Å². The van der Waals surface area contributed by atoms with E-state index in [1.54, 1.807) is 6.07 Å². The van der Waals surface area contributed by atoms with Crippen LogP contribution in [0.1, 0.15) is 32.3 Å². The second-order valence-corrected chi connectivity index (χ2v) is 6.32. The molecule has 4 nitrogen and oxygen atoms in total. The second kappa shape index (κ2) is 8.04. The smallest absolute Gasteiger partial charge is 0.105 e. The molecule has 0 bridgehead atoms. The standard InChI is InChI=1S/C17H20Cl2N2O2/c1-4-23-9-14-11(3)21-10(2)13(8-20-22)16(14)12-6-5-7-15(18)17(12)19/h5-7,14,16H,4,8-9H2,1-3H3. The van der Waals surface area contributed by atoms with Gasteiger partial charge in [0, 0.05) is 29.9 Å². The lowest BCUT2D eigenvalue weighted by Crippen LogP contribution is -2.31. The van der Waals surface area contributed by atoms with Crippen molar-refractivity contribution in [3.05, 3.63) is 50.0 Å². The maximum atomic E-state index is 10.9. The Kier molecular flexibility index (Phi) is 6.33. The van der Waals surface area contributed by atoms with E-state index in [0.717, 1.165) is 22.5 Å². The third-order valence-corrected chi connectivity index (χ3v) is 5.01. The molecule has 1 aromatic rings. The van der Waals surface area contributed by atoms with Crippen molar-refractivity contribution in [3.8, 4) is 0 Å². The highest BCUT2D eigenvalue weighted by Gasteiger charge is 2.35. The van der Waals surface area contributed by atoms with E-state index in [0.29, 0.717) is 23.3 Å². The Morgan fingerprint density at radius 2 is 2.04 bits per heavy atom. The van der Waals surface area contributed by atoms with Crippen molar-refractivity contribution in [3.63, 3.8) is 0 Å². The summed E-state index contributed by atoms with van der Waals surface area (Å²) in [5, 5.41) is 4.09. The van der Waals surface area contributed by atoms with Crippen LogP contribution in [0.25, 0.3) is 0 Å². The third kappa shape index (κ3) is 3.82. The van der Waals surface area contributed by atoms with Gasteiger partial charge in [0.1, 0.15) is 6.54 Å². The molecule has 2 atom stereocenters. The molecule has 0 radical (unpaired) electrons. The average Bonchev–Trinajstić information content (AvgIpc) is 2.52. The molecule has 0 saturated heterocycles. The molecule has 2 rings (SSSR count). The predicted molar refractivity (Wildman–Crippen MR) is 95.7 cm³/mol. The number of nitroso groups, excluding NO2 is 1. The third-order valence-electron chi connectivity index (χ3n) is 4.18. The molecular formula is C17H20Cl2N2O2. The van der Waals surface area contributed by atoms with Crippen LogP contribution in [0.5, 0.6) is 0 Å². The maximum Gasteiger partial charge on any atom is 0.105 e. The molecule has 1 aliphatic heterocycles. The van der Waals surface area contributed by atoms with Crippen molar-refractivity contribution < 1.29 is 4.74 Å². The van der Waals surface area contributed by atoms with Gasteiger partial charge in [0.2, 0.25) is 0 Å². The van der Waals surface area contributed by atoms with Crippen molar-refractivity contribution in [2.24, 2.45) is 16.1 Å². The Balaban J connectivity index is 2.57. The number of hydrogen-bond donors (Lipinski definition) is 0. The van der Waals surface area contributed by atoms with E-state index in [9.17, 15) is 4.91 Å². The fourth-order valence-corrected chi connectivity index (χ4v) is 3.46. The molecule has 6 heteroatoms.